The van der Waals surface area contributed by atoms with Gasteiger partial charge in [0.05, 0.1) is 16.3 Å². The molecular weight excluding hydrogens is 396 g/mol. The van der Waals surface area contributed by atoms with E-state index in [1.54, 1.807) is 4.52 Å². The first-order valence-electron chi connectivity index (χ1n) is 8.64. The zero-order valence-corrected chi connectivity index (χ0v) is 16.0. The number of nitrogens with zero attached hydrogens (tertiary/aromatic N) is 3. The number of amides is 1. The van der Waals surface area contributed by atoms with Gasteiger partial charge in [-0.05, 0) is 41.8 Å². The van der Waals surface area contributed by atoms with E-state index in [4.69, 9.17) is 9.72 Å². The predicted octanol–water partition coefficient (Wildman–Crippen LogP) is 3.38. The lowest BCUT2D eigenvalue weighted by Gasteiger charge is -2.09. The highest BCUT2D eigenvalue weighted by Gasteiger charge is 2.22. The largest absolute Gasteiger partial charge is 0.376 e. The van der Waals surface area contributed by atoms with Crippen molar-refractivity contribution in [2.45, 2.75) is 25.9 Å². The summed E-state index contributed by atoms with van der Waals surface area (Å²) in [5, 5.41) is 7.36. The SMILES string of the molecule is Cc1cc(-c2ccccc2)nc2c(Br)c(C(=O)NC[C@@H]3CCCO3)nn12. The Morgan fingerprint density at radius 3 is 2.92 bits per heavy atom. The topological polar surface area (TPSA) is 68.5 Å². The van der Waals surface area contributed by atoms with Crippen molar-refractivity contribution in [3.8, 4) is 11.3 Å². The van der Waals surface area contributed by atoms with Crippen molar-refractivity contribution >= 4 is 27.5 Å². The molecule has 1 saturated heterocycles. The monoisotopic (exact) mass is 414 g/mol. The molecule has 0 radical (unpaired) electrons. The van der Waals surface area contributed by atoms with Crippen LogP contribution < -0.4 is 5.32 Å². The van der Waals surface area contributed by atoms with Gasteiger partial charge in [-0.25, -0.2) is 9.50 Å². The fourth-order valence-corrected chi connectivity index (χ4v) is 3.65. The van der Waals surface area contributed by atoms with Crippen LogP contribution in [0.25, 0.3) is 16.9 Å². The summed E-state index contributed by atoms with van der Waals surface area (Å²) in [5.74, 6) is -0.224. The van der Waals surface area contributed by atoms with Crippen LogP contribution in [0.1, 0.15) is 29.0 Å². The van der Waals surface area contributed by atoms with Gasteiger partial charge in [0.25, 0.3) is 5.91 Å². The van der Waals surface area contributed by atoms with E-state index in [1.807, 2.05) is 43.3 Å². The quantitative estimate of drug-likeness (QED) is 0.710. The number of carbonyl (C=O) groups excluding carboxylic acids is 1. The molecule has 3 heterocycles. The summed E-state index contributed by atoms with van der Waals surface area (Å²) in [6.07, 6.45) is 2.12. The van der Waals surface area contributed by atoms with Crippen molar-refractivity contribution in [1.82, 2.24) is 19.9 Å². The molecule has 26 heavy (non-hydrogen) atoms. The molecule has 4 rings (SSSR count). The van der Waals surface area contributed by atoms with Gasteiger partial charge in [0.2, 0.25) is 0 Å². The summed E-state index contributed by atoms with van der Waals surface area (Å²) in [7, 11) is 0. The number of rotatable bonds is 4. The van der Waals surface area contributed by atoms with Crippen LogP contribution in [0.5, 0.6) is 0 Å². The molecule has 1 atom stereocenters. The van der Waals surface area contributed by atoms with Crippen molar-refractivity contribution in [3.05, 3.63) is 52.3 Å². The van der Waals surface area contributed by atoms with Crippen LogP contribution >= 0.6 is 15.9 Å². The number of carbonyl (C=O) groups is 1. The van der Waals surface area contributed by atoms with Crippen LogP contribution in [-0.4, -0.2) is 39.8 Å². The molecular formula is C19H19BrN4O2. The van der Waals surface area contributed by atoms with Gasteiger partial charge < -0.3 is 10.1 Å². The molecule has 134 valence electrons. The molecule has 0 unspecified atom stereocenters. The number of halogens is 1. The van der Waals surface area contributed by atoms with Gasteiger partial charge in [-0.1, -0.05) is 30.3 Å². The predicted molar refractivity (Wildman–Crippen MR) is 102 cm³/mol. The average Bonchev–Trinajstić information content (AvgIpc) is 3.29. The van der Waals surface area contributed by atoms with Crippen LogP contribution in [-0.2, 0) is 4.74 Å². The Hall–Kier alpha value is -2.25. The second-order valence-corrected chi connectivity index (χ2v) is 7.18. The van der Waals surface area contributed by atoms with Crippen LogP contribution in [0, 0.1) is 6.92 Å². The zero-order chi connectivity index (χ0) is 18.1. The zero-order valence-electron chi connectivity index (χ0n) is 14.4. The summed E-state index contributed by atoms with van der Waals surface area (Å²) in [6.45, 7) is 3.22. The third-order valence-corrected chi connectivity index (χ3v) is 5.24. The molecule has 1 aliphatic heterocycles. The van der Waals surface area contributed by atoms with E-state index in [9.17, 15) is 4.79 Å². The maximum atomic E-state index is 12.6. The maximum Gasteiger partial charge on any atom is 0.273 e. The second-order valence-electron chi connectivity index (χ2n) is 6.39. The summed E-state index contributed by atoms with van der Waals surface area (Å²) in [4.78, 5) is 17.3. The van der Waals surface area contributed by atoms with Gasteiger partial charge in [0.1, 0.15) is 0 Å². The van der Waals surface area contributed by atoms with E-state index >= 15 is 0 Å². The Kier molecular flexibility index (Phi) is 4.74. The van der Waals surface area contributed by atoms with E-state index in [1.165, 1.54) is 0 Å². The maximum absolute atomic E-state index is 12.6. The van der Waals surface area contributed by atoms with Crippen molar-refractivity contribution in [2.24, 2.45) is 0 Å². The number of aromatic nitrogens is 3. The third kappa shape index (κ3) is 3.24. The van der Waals surface area contributed by atoms with Gasteiger partial charge in [0, 0.05) is 24.4 Å². The number of benzene rings is 1. The molecule has 7 heteroatoms. The molecule has 0 spiro atoms. The van der Waals surface area contributed by atoms with E-state index < -0.39 is 0 Å². The molecule has 1 aromatic carbocycles. The number of nitrogens with one attached hydrogen (secondary N) is 1. The standard InChI is InChI=1S/C19H19BrN4O2/c1-12-10-15(13-6-3-2-4-7-13)22-18-16(20)17(23-24(12)18)19(25)21-11-14-8-5-9-26-14/h2-4,6-7,10,14H,5,8-9,11H2,1H3,(H,21,25)/t14-/m0/s1. The Morgan fingerprint density at radius 1 is 1.38 bits per heavy atom. The number of fused-ring (bicyclic) bond motifs is 1. The van der Waals surface area contributed by atoms with Gasteiger partial charge in [-0.2, -0.15) is 5.10 Å². The molecule has 0 aliphatic carbocycles. The molecule has 1 aliphatic rings. The average molecular weight is 415 g/mol. The van der Waals surface area contributed by atoms with Crippen molar-refractivity contribution in [1.29, 1.82) is 0 Å². The van der Waals surface area contributed by atoms with Crippen LogP contribution in [0.4, 0.5) is 0 Å². The molecule has 1 N–H and O–H groups in total. The molecule has 1 fully saturated rings. The Labute approximate surface area is 159 Å². The van der Waals surface area contributed by atoms with E-state index in [0.717, 1.165) is 36.4 Å². The summed E-state index contributed by atoms with van der Waals surface area (Å²) < 4.78 is 7.84. The molecule has 3 aromatic rings. The first kappa shape index (κ1) is 17.2. The summed E-state index contributed by atoms with van der Waals surface area (Å²) >= 11 is 3.51. The number of hydrogen-bond acceptors (Lipinski definition) is 4. The number of aryl methyl sites for hydroxylation is 1. The smallest absolute Gasteiger partial charge is 0.273 e. The minimum absolute atomic E-state index is 0.0966. The lowest BCUT2D eigenvalue weighted by Crippen LogP contribution is -2.32. The van der Waals surface area contributed by atoms with Gasteiger partial charge >= 0.3 is 0 Å². The van der Waals surface area contributed by atoms with E-state index in [2.05, 4.69) is 26.3 Å². The molecule has 1 amide bonds. The Morgan fingerprint density at radius 2 is 2.19 bits per heavy atom. The Balaban J connectivity index is 1.65. The lowest BCUT2D eigenvalue weighted by atomic mass is 10.1. The molecule has 6 nitrogen and oxygen atoms in total. The normalized spacial score (nSPS) is 16.9. The van der Waals surface area contributed by atoms with Crippen LogP contribution in [0.3, 0.4) is 0 Å². The summed E-state index contributed by atoms with van der Waals surface area (Å²) in [6, 6.07) is 11.9. The van der Waals surface area contributed by atoms with Gasteiger partial charge in [-0.3, -0.25) is 4.79 Å². The minimum atomic E-state index is -0.224. The second kappa shape index (κ2) is 7.17. The lowest BCUT2D eigenvalue weighted by molar-refractivity contribution is 0.0853. The van der Waals surface area contributed by atoms with Gasteiger partial charge in [-0.15, -0.1) is 0 Å². The third-order valence-electron chi connectivity index (χ3n) is 4.51. The molecule has 0 bridgehead atoms. The highest BCUT2D eigenvalue weighted by molar-refractivity contribution is 9.10. The highest BCUT2D eigenvalue weighted by atomic mass is 79.9. The van der Waals surface area contributed by atoms with Crippen molar-refractivity contribution in [3.63, 3.8) is 0 Å². The summed E-state index contributed by atoms with van der Waals surface area (Å²) in [5.41, 5.74) is 3.75. The van der Waals surface area contributed by atoms with E-state index in [-0.39, 0.29) is 12.0 Å². The number of ether oxygens (including phenoxy) is 1. The van der Waals surface area contributed by atoms with Crippen LogP contribution in [0.2, 0.25) is 0 Å². The van der Waals surface area contributed by atoms with Crippen molar-refractivity contribution < 1.29 is 9.53 Å². The van der Waals surface area contributed by atoms with Crippen molar-refractivity contribution in [2.75, 3.05) is 13.2 Å². The fraction of sp³-hybridized carbons (Fsp3) is 0.316. The first-order valence-corrected chi connectivity index (χ1v) is 9.44. The number of hydrogen-bond donors (Lipinski definition) is 1. The molecule has 0 saturated carbocycles. The van der Waals surface area contributed by atoms with Crippen LogP contribution in [0.15, 0.2) is 40.9 Å². The Bertz CT molecular complexity index is 949. The fourth-order valence-electron chi connectivity index (χ4n) is 3.14. The first-order chi connectivity index (χ1) is 12.6. The highest BCUT2D eigenvalue weighted by Crippen LogP contribution is 2.26. The minimum Gasteiger partial charge on any atom is -0.376 e. The van der Waals surface area contributed by atoms with E-state index in [0.29, 0.717) is 22.4 Å². The van der Waals surface area contributed by atoms with Gasteiger partial charge in [0.15, 0.2) is 11.3 Å². The molecule has 2 aromatic heterocycles.